The molecule has 0 saturated heterocycles. The van der Waals surface area contributed by atoms with E-state index in [1.165, 1.54) is 11.3 Å². The van der Waals surface area contributed by atoms with Gasteiger partial charge in [-0.05, 0) is 42.8 Å². The van der Waals surface area contributed by atoms with Crippen LogP contribution in [-0.4, -0.2) is 39.4 Å². The number of carbonyl (C=O) groups is 1. The number of hydrogen-bond donors (Lipinski definition) is 1. The number of benzene rings is 2. The Morgan fingerprint density at radius 2 is 2.03 bits per heavy atom. The Morgan fingerprint density at radius 1 is 1.16 bits per heavy atom. The molecule has 4 aromatic rings. The molecule has 2 aromatic carbocycles. The maximum Gasteiger partial charge on any atom is 0.255 e. The van der Waals surface area contributed by atoms with Gasteiger partial charge in [0.25, 0.3) is 5.91 Å². The zero-order valence-electron chi connectivity index (χ0n) is 17.6. The number of amides is 1. The Balaban J connectivity index is 1.61. The number of aromatic nitrogens is 4. The molecule has 1 amide bonds. The summed E-state index contributed by atoms with van der Waals surface area (Å²) in [7, 11) is 1.57. The molecule has 0 saturated carbocycles. The normalized spacial score (nSPS) is 10.9. The number of aryl methyl sites for hydroxylation is 1. The summed E-state index contributed by atoms with van der Waals surface area (Å²) in [6.07, 6.45) is 1.65. The highest BCUT2D eigenvalue weighted by Gasteiger charge is 2.16. The summed E-state index contributed by atoms with van der Waals surface area (Å²) in [5.74, 6) is 1.79. The first-order valence-electron chi connectivity index (χ1n) is 10.1. The summed E-state index contributed by atoms with van der Waals surface area (Å²) in [6, 6.07) is 12.7. The highest BCUT2D eigenvalue weighted by molar-refractivity contribution is 7.19. The van der Waals surface area contributed by atoms with Crippen LogP contribution < -0.4 is 14.8 Å². The smallest absolute Gasteiger partial charge is 0.255 e. The highest BCUT2D eigenvalue weighted by atomic mass is 32.1. The number of nitrogens with zero attached hydrogens (tertiary/aromatic N) is 4. The average molecular weight is 438 g/mol. The number of hydrogen-bond acceptors (Lipinski definition) is 7. The van der Waals surface area contributed by atoms with Crippen LogP contribution >= 0.6 is 11.3 Å². The minimum atomic E-state index is -0.246. The van der Waals surface area contributed by atoms with Gasteiger partial charge in [0, 0.05) is 17.5 Å². The van der Waals surface area contributed by atoms with Gasteiger partial charge >= 0.3 is 0 Å². The maximum absolute atomic E-state index is 12.9. The molecule has 0 atom stereocenters. The van der Waals surface area contributed by atoms with Crippen molar-refractivity contribution in [3.63, 3.8) is 0 Å². The zero-order chi connectivity index (χ0) is 21.8. The molecule has 0 radical (unpaired) electrons. The van der Waals surface area contributed by atoms with Crippen molar-refractivity contribution in [2.24, 2.45) is 0 Å². The Morgan fingerprint density at radius 3 is 2.81 bits per heavy atom. The van der Waals surface area contributed by atoms with E-state index in [1.54, 1.807) is 29.8 Å². The van der Waals surface area contributed by atoms with Crippen LogP contribution in [0.25, 0.3) is 15.5 Å². The van der Waals surface area contributed by atoms with E-state index in [9.17, 15) is 4.79 Å². The van der Waals surface area contributed by atoms with E-state index in [4.69, 9.17) is 9.47 Å². The third-order valence-electron chi connectivity index (χ3n) is 4.64. The van der Waals surface area contributed by atoms with Crippen LogP contribution in [0.2, 0.25) is 0 Å². The van der Waals surface area contributed by atoms with Crippen molar-refractivity contribution < 1.29 is 14.3 Å². The summed E-state index contributed by atoms with van der Waals surface area (Å²) >= 11 is 1.44. The first-order valence-corrected chi connectivity index (χ1v) is 10.9. The largest absolute Gasteiger partial charge is 0.495 e. The van der Waals surface area contributed by atoms with E-state index in [0.717, 1.165) is 34.2 Å². The van der Waals surface area contributed by atoms with E-state index >= 15 is 0 Å². The Kier molecular flexibility index (Phi) is 6.13. The van der Waals surface area contributed by atoms with Crippen molar-refractivity contribution >= 4 is 27.9 Å². The molecule has 2 aromatic heterocycles. The topological polar surface area (TPSA) is 90.6 Å². The molecule has 4 rings (SSSR count). The second-order valence-corrected chi connectivity index (χ2v) is 7.77. The Bertz CT molecular complexity index is 1220. The van der Waals surface area contributed by atoms with Gasteiger partial charge in [-0.15, -0.1) is 10.2 Å². The van der Waals surface area contributed by atoms with Crippen LogP contribution in [0, 0.1) is 0 Å². The minimum Gasteiger partial charge on any atom is -0.495 e. The van der Waals surface area contributed by atoms with Crippen LogP contribution in [0.15, 0.2) is 42.5 Å². The van der Waals surface area contributed by atoms with Crippen molar-refractivity contribution in [1.29, 1.82) is 0 Å². The van der Waals surface area contributed by atoms with Gasteiger partial charge in [0.15, 0.2) is 5.82 Å². The summed E-state index contributed by atoms with van der Waals surface area (Å²) in [5, 5.41) is 16.7. The number of methoxy groups -OCH3 is 1. The maximum atomic E-state index is 12.9. The van der Waals surface area contributed by atoms with Crippen molar-refractivity contribution in [1.82, 2.24) is 19.8 Å². The lowest BCUT2D eigenvalue weighted by Crippen LogP contribution is -2.13. The molecule has 0 fully saturated rings. The molecule has 2 heterocycles. The second kappa shape index (κ2) is 9.13. The summed E-state index contributed by atoms with van der Waals surface area (Å²) in [6.45, 7) is 4.65. The standard InChI is InChI=1S/C22H23N5O3S/c1-4-11-30-16-8-6-7-14(12-16)20(28)23-17-13-15(9-10-18(17)29-3)21-26-27-19(5-2)24-25-22(27)31-21/h6-10,12-13H,4-5,11H2,1-3H3,(H,23,28). The van der Waals surface area contributed by atoms with E-state index in [1.807, 2.05) is 38.1 Å². The van der Waals surface area contributed by atoms with E-state index < -0.39 is 0 Å². The number of fused-ring (bicyclic) bond motifs is 1. The second-order valence-electron chi connectivity index (χ2n) is 6.82. The third kappa shape index (κ3) is 4.36. The molecule has 9 heteroatoms. The quantitative estimate of drug-likeness (QED) is 0.438. The van der Waals surface area contributed by atoms with Gasteiger partial charge in [0.1, 0.15) is 16.5 Å². The van der Waals surface area contributed by atoms with Crippen LogP contribution in [0.3, 0.4) is 0 Å². The molecule has 8 nitrogen and oxygen atoms in total. The predicted molar refractivity (Wildman–Crippen MR) is 120 cm³/mol. The predicted octanol–water partition coefficient (Wildman–Crippen LogP) is 4.46. The molecular weight excluding hydrogens is 414 g/mol. The van der Waals surface area contributed by atoms with Crippen LogP contribution in [0.5, 0.6) is 11.5 Å². The molecule has 0 aliphatic rings. The Labute approximate surface area is 183 Å². The van der Waals surface area contributed by atoms with Crippen LogP contribution in [0.4, 0.5) is 5.69 Å². The van der Waals surface area contributed by atoms with Gasteiger partial charge in [-0.25, -0.2) is 0 Å². The highest BCUT2D eigenvalue weighted by Crippen LogP contribution is 2.33. The molecule has 0 spiro atoms. The molecule has 0 aliphatic carbocycles. The fourth-order valence-electron chi connectivity index (χ4n) is 3.07. The van der Waals surface area contributed by atoms with Gasteiger partial charge in [0.05, 0.1) is 19.4 Å². The summed E-state index contributed by atoms with van der Waals surface area (Å²) in [4.78, 5) is 13.6. The number of anilines is 1. The first kappa shape index (κ1) is 20.8. The van der Waals surface area contributed by atoms with E-state index in [2.05, 4.69) is 20.6 Å². The monoisotopic (exact) mass is 437 g/mol. The van der Waals surface area contributed by atoms with Gasteiger partial charge in [-0.1, -0.05) is 31.3 Å². The van der Waals surface area contributed by atoms with Gasteiger partial charge in [-0.2, -0.15) is 9.61 Å². The fraction of sp³-hybridized carbons (Fsp3) is 0.273. The summed E-state index contributed by atoms with van der Waals surface area (Å²) in [5.41, 5.74) is 1.92. The summed E-state index contributed by atoms with van der Waals surface area (Å²) < 4.78 is 12.8. The van der Waals surface area contributed by atoms with Crippen LogP contribution in [-0.2, 0) is 6.42 Å². The molecule has 0 unspecified atom stereocenters. The molecule has 0 bridgehead atoms. The lowest BCUT2D eigenvalue weighted by atomic mass is 10.1. The van der Waals surface area contributed by atoms with Crippen molar-refractivity contribution in [2.45, 2.75) is 26.7 Å². The molecule has 0 aliphatic heterocycles. The molecule has 160 valence electrons. The first-order chi connectivity index (χ1) is 15.1. The SMILES string of the molecule is CCCOc1cccc(C(=O)Nc2cc(-c3nn4c(CC)nnc4s3)ccc2OC)c1. The molecular formula is C22H23N5O3S. The number of carbonyl (C=O) groups excluding carboxylic acids is 1. The van der Waals surface area contributed by atoms with Gasteiger partial charge < -0.3 is 14.8 Å². The van der Waals surface area contributed by atoms with Crippen molar-refractivity contribution in [3.05, 3.63) is 53.9 Å². The van der Waals surface area contributed by atoms with Gasteiger partial charge in [0.2, 0.25) is 4.96 Å². The fourth-order valence-corrected chi connectivity index (χ4v) is 3.93. The number of ether oxygens (including phenoxy) is 2. The van der Waals surface area contributed by atoms with E-state index in [0.29, 0.717) is 29.4 Å². The molecule has 1 N–H and O–H groups in total. The average Bonchev–Trinajstić information content (AvgIpc) is 3.38. The van der Waals surface area contributed by atoms with Gasteiger partial charge in [-0.3, -0.25) is 4.79 Å². The van der Waals surface area contributed by atoms with E-state index in [-0.39, 0.29) is 5.91 Å². The Hall–Kier alpha value is -3.46. The van der Waals surface area contributed by atoms with Crippen molar-refractivity contribution in [3.8, 4) is 22.1 Å². The number of rotatable bonds is 8. The lowest BCUT2D eigenvalue weighted by molar-refractivity contribution is 0.102. The van der Waals surface area contributed by atoms with Crippen molar-refractivity contribution in [2.75, 3.05) is 19.0 Å². The minimum absolute atomic E-state index is 0.246. The third-order valence-corrected chi connectivity index (χ3v) is 5.58. The number of nitrogens with one attached hydrogen (secondary N) is 1. The zero-order valence-corrected chi connectivity index (χ0v) is 18.4. The lowest BCUT2D eigenvalue weighted by Gasteiger charge is -2.12. The molecule has 31 heavy (non-hydrogen) atoms. The van der Waals surface area contributed by atoms with Crippen LogP contribution in [0.1, 0.15) is 36.5 Å².